The lowest BCUT2D eigenvalue weighted by Crippen LogP contribution is -2.51. The van der Waals surface area contributed by atoms with Gasteiger partial charge in [0, 0.05) is 50.5 Å². The molecular formula is C38H49F2N3O7. The van der Waals surface area contributed by atoms with Crippen LogP contribution in [0.15, 0.2) is 72.8 Å². The van der Waals surface area contributed by atoms with Gasteiger partial charge in [-0.1, -0.05) is 50.2 Å². The number of ether oxygens (including phenoxy) is 4. The fourth-order valence-electron chi connectivity index (χ4n) is 5.28. The van der Waals surface area contributed by atoms with E-state index in [1.165, 1.54) is 18.2 Å². The Labute approximate surface area is 293 Å². The molecule has 0 aliphatic heterocycles. The van der Waals surface area contributed by atoms with Crippen LogP contribution in [-0.2, 0) is 36.7 Å². The van der Waals surface area contributed by atoms with E-state index >= 15 is 0 Å². The summed E-state index contributed by atoms with van der Waals surface area (Å²) in [4.78, 5) is 41.9. The lowest BCUT2D eigenvalue weighted by atomic mass is 9.99. The summed E-state index contributed by atoms with van der Waals surface area (Å²) < 4.78 is 50.1. The number of carbonyl (C=O) groups is 3. The molecule has 3 aromatic carbocycles. The van der Waals surface area contributed by atoms with Crippen molar-refractivity contribution in [2.24, 2.45) is 0 Å². The number of benzene rings is 3. The van der Waals surface area contributed by atoms with Crippen LogP contribution in [-0.4, -0.2) is 94.6 Å². The number of carbonyl (C=O) groups excluding carboxylic acids is 3. The molecule has 0 aliphatic carbocycles. The van der Waals surface area contributed by atoms with Gasteiger partial charge in [-0.3, -0.25) is 9.59 Å². The van der Waals surface area contributed by atoms with E-state index in [0.717, 1.165) is 24.5 Å². The molecule has 0 heterocycles. The van der Waals surface area contributed by atoms with Gasteiger partial charge in [0.1, 0.15) is 24.3 Å². The molecule has 2 N–H and O–H groups in total. The summed E-state index contributed by atoms with van der Waals surface area (Å²) in [7, 11) is 1.56. The molecule has 0 saturated carbocycles. The van der Waals surface area contributed by atoms with E-state index in [0.29, 0.717) is 38.4 Å². The molecule has 12 heteroatoms. The van der Waals surface area contributed by atoms with Crippen molar-refractivity contribution in [1.82, 2.24) is 15.5 Å². The van der Waals surface area contributed by atoms with E-state index in [9.17, 15) is 23.2 Å². The highest BCUT2D eigenvalue weighted by atomic mass is 19.1. The van der Waals surface area contributed by atoms with Crippen LogP contribution in [0.2, 0.25) is 0 Å². The Morgan fingerprint density at radius 3 is 2.12 bits per heavy atom. The highest BCUT2D eigenvalue weighted by Gasteiger charge is 2.29. The van der Waals surface area contributed by atoms with Gasteiger partial charge in [0.2, 0.25) is 0 Å². The van der Waals surface area contributed by atoms with Crippen LogP contribution in [0.5, 0.6) is 0 Å². The smallest absolute Gasteiger partial charge is 0.332 e. The average Bonchev–Trinajstić information content (AvgIpc) is 3.10. The molecule has 3 rings (SSSR count). The van der Waals surface area contributed by atoms with Gasteiger partial charge < -0.3 is 34.5 Å². The number of rotatable bonds is 23. The van der Waals surface area contributed by atoms with Crippen LogP contribution in [0.25, 0.3) is 0 Å². The van der Waals surface area contributed by atoms with Gasteiger partial charge >= 0.3 is 5.97 Å². The van der Waals surface area contributed by atoms with Gasteiger partial charge in [-0.05, 0) is 60.7 Å². The molecule has 0 radical (unpaired) electrons. The second-order valence-electron chi connectivity index (χ2n) is 11.7. The van der Waals surface area contributed by atoms with Crippen molar-refractivity contribution in [2.45, 2.75) is 51.8 Å². The fourth-order valence-corrected chi connectivity index (χ4v) is 5.28. The first-order valence-electron chi connectivity index (χ1n) is 17.0. The third-order valence-electron chi connectivity index (χ3n) is 7.61. The molecule has 2 amide bonds. The van der Waals surface area contributed by atoms with E-state index in [1.54, 1.807) is 30.2 Å². The molecule has 0 fully saturated rings. The second kappa shape index (κ2) is 22.5. The van der Waals surface area contributed by atoms with Crippen molar-refractivity contribution < 1.29 is 42.1 Å². The molecule has 0 bridgehead atoms. The molecule has 0 aliphatic rings. The van der Waals surface area contributed by atoms with Crippen LogP contribution >= 0.6 is 0 Å². The highest BCUT2D eigenvalue weighted by Crippen LogP contribution is 2.16. The minimum atomic E-state index is -0.988. The Hall–Kier alpha value is -4.23. The van der Waals surface area contributed by atoms with E-state index in [1.807, 2.05) is 44.2 Å². The maximum absolute atomic E-state index is 14.3. The van der Waals surface area contributed by atoms with E-state index in [4.69, 9.17) is 18.9 Å². The topological polar surface area (TPSA) is 115 Å². The monoisotopic (exact) mass is 697 g/mol. The highest BCUT2D eigenvalue weighted by molar-refractivity contribution is 5.99. The van der Waals surface area contributed by atoms with E-state index < -0.39 is 35.7 Å². The molecule has 0 aromatic heterocycles. The summed E-state index contributed by atoms with van der Waals surface area (Å²) >= 11 is 0. The number of hydrogen-bond acceptors (Lipinski definition) is 8. The van der Waals surface area contributed by atoms with Gasteiger partial charge in [0.25, 0.3) is 11.8 Å². The number of amides is 2. The minimum absolute atomic E-state index is 0.0705. The Morgan fingerprint density at radius 1 is 0.780 bits per heavy atom. The Morgan fingerprint density at radius 2 is 1.44 bits per heavy atom. The van der Waals surface area contributed by atoms with Crippen LogP contribution < -0.4 is 10.6 Å². The normalized spacial score (nSPS) is 12.3. The molecule has 2 unspecified atom stereocenters. The summed E-state index contributed by atoms with van der Waals surface area (Å²) in [6, 6.07) is 18.1. The molecule has 0 saturated heterocycles. The number of nitrogens with one attached hydrogen (secondary N) is 2. The van der Waals surface area contributed by atoms with Gasteiger partial charge in [0.05, 0.1) is 32.5 Å². The van der Waals surface area contributed by atoms with E-state index in [-0.39, 0.29) is 49.8 Å². The summed E-state index contributed by atoms with van der Waals surface area (Å²) in [5.41, 5.74) is 1.79. The molecule has 2 atom stereocenters. The zero-order chi connectivity index (χ0) is 36.1. The third kappa shape index (κ3) is 14.3. The van der Waals surface area contributed by atoms with Crippen molar-refractivity contribution in [3.63, 3.8) is 0 Å². The quantitative estimate of drug-likeness (QED) is 0.106. The minimum Gasteiger partial charge on any atom is -0.457 e. The fraction of sp³-hybridized carbons (Fsp3) is 0.447. The van der Waals surface area contributed by atoms with Crippen molar-refractivity contribution in [3.8, 4) is 0 Å². The standard InChI is InChI=1S/C38H49F2N3O7/c1-4-14-43(15-5-2)38(46)31-13-9-12-30(23-31)37(45)42-34(22-29-20-32(39)24-33(40)21-29)35(26-41-25-28-10-7-6-8-11-28)50-36(44)27-49-19-18-48-17-16-47-3/h6-13,20-21,23-24,34-35,41H,4-5,14-19,22,25-27H2,1-3H3,(H,42,45). The maximum atomic E-state index is 14.3. The summed E-state index contributed by atoms with van der Waals surface area (Å²) in [6.07, 6.45) is 0.524. The summed E-state index contributed by atoms with van der Waals surface area (Å²) in [5, 5.41) is 6.18. The molecular weight excluding hydrogens is 648 g/mol. The first-order chi connectivity index (χ1) is 24.2. The number of nitrogens with zero attached hydrogens (tertiary/aromatic N) is 1. The van der Waals surface area contributed by atoms with Gasteiger partial charge in [0.15, 0.2) is 0 Å². The van der Waals surface area contributed by atoms with Crippen molar-refractivity contribution in [1.29, 1.82) is 0 Å². The summed E-state index contributed by atoms with van der Waals surface area (Å²) in [6.45, 7) is 6.49. The number of esters is 1. The largest absolute Gasteiger partial charge is 0.457 e. The second-order valence-corrected chi connectivity index (χ2v) is 11.7. The molecule has 3 aromatic rings. The van der Waals surface area contributed by atoms with Crippen molar-refractivity contribution in [3.05, 3.63) is 107 Å². The zero-order valence-electron chi connectivity index (χ0n) is 29.1. The molecule has 0 spiro atoms. The van der Waals surface area contributed by atoms with Gasteiger partial charge in [-0.15, -0.1) is 0 Å². The lowest BCUT2D eigenvalue weighted by Gasteiger charge is -2.29. The van der Waals surface area contributed by atoms with Gasteiger partial charge in [-0.25, -0.2) is 13.6 Å². The lowest BCUT2D eigenvalue weighted by molar-refractivity contribution is -0.156. The SMILES string of the molecule is CCCN(CCC)C(=O)c1cccc(C(=O)NC(Cc2cc(F)cc(F)c2)C(CNCc2ccccc2)OC(=O)COCCOCCOC)c1. The molecule has 10 nitrogen and oxygen atoms in total. The Bertz CT molecular complexity index is 1450. The van der Waals surface area contributed by atoms with E-state index in [2.05, 4.69) is 10.6 Å². The number of hydrogen-bond donors (Lipinski definition) is 2. The first-order valence-corrected chi connectivity index (χ1v) is 17.0. The van der Waals surface area contributed by atoms with Crippen LogP contribution in [0.3, 0.4) is 0 Å². The predicted octanol–water partition coefficient (Wildman–Crippen LogP) is 4.95. The number of halogens is 2. The van der Waals surface area contributed by atoms with Crippen LogP contribution in [0, 0.1) is 11.6 Å². The molecule has 50 heavy (non-hydrogen) atoms. The van der Waals surface area contributed by atoms with Crippen LogP contribution in [0.4, 0.5) is 8.78 Å². The average molecular weight is 698 g/mol. The van der Waals surface area contributed by atoms with Gasteiger partial charge in [-0.2, -0.15) is 0 Å². The Kier molecular flexibility index (Phi) is 18.1. The zero-order valence-corrected chi connectivity index (χ0v) is 29.1. The molecule has 272 valence electrons. The predicted molar refractivity (Wildman–Crippen MR) is 186 cm³/mol. The Balaban J connectivity index is 1.85. The first kappa shape index (κ1) is 40.2. The van der Waals surface area contributed by atoms with Crippen molar-refractivity contribution >= 4 is 17.8 Å². The van der Waals surface area contributed by atoms with Crippen molar-refractivity contribution in [2.75, 3.05) is 59.8 Å². The summed E-state index contributed by atoms with van der Waals surface area (Å²) in [5.74, 6) is -2.99. The number of methoxy groups -OCH3 is 1. The maximum Gasteiger partial charge on any atom is 0.332 e. The van der Waals surface area contributed by atoms with Crippen LogP contribution in [0.1, 0.15) is 58.5 Å². The third-order valence-corrected chi connectivity index (χ3v) is 7.61.